The number of piperidine rings is 1. The smallest absolute Gasteiger partial charge is 0.257 e. The van der Waals surface area contributed by atoms with Crippen LogP contribution in [0.25, 0.3) is 0 Å². The van der Waals surface area contributed by atoms with E-state index in [1.54, 1.807) is 30.0 Å². The van der Waals surface area contributed by atoms with Crippen LogP contribution in [0, 0.1) is 12.8 Å². The van der Waals surface area contributed by atoms with Crippen molar-refractivity contribution in [2.45, 2.75) is 26.2 Å². The van der Waals surface area contributed by atoms with Gasteiger partial charge in [0, 0.05) is 19.5 Å². The number of carbonyl (C=O) groups is 2. The van der Waals surface area contributed by atoms with Crippen LogP contribution in [-0.4, -0.2) is 34.9 Å². The van der Waals surface area contributed by atoms with Crippen molar-refractivity contribution < 1.29 is 14.7 Å². The second kappa shape index (κ2) is 5.94. The fraction of sp³-hybridized carbons (Fsp3) is 0.467. The van der Waals surface area contributed by atoms with Crippen molar-refractivity contribution in [2.75, 3.05) is 13.1 Å². The van der Waals surface area contributed by atoms with Gasteiger partial charge in [-0.1, -0.05) is 12.1 Å². The summed E-state index contributed by atoms with van der Waals surface area (Å²) in [4.78, 5) is 25.0. The standard InChI is InChI=1S/C15H20N2O3/c1-10-3-2-4-12(14(10)19)15(20)17-7-5-11(6-8-17)9-13(16)18/h2-4,11,19H,5-9H2,1H3,(H2,16,18). The molecule has 2 amide bonds. The molecule has 1 aliphatic heterocycles. The largest absolute Gasteiger partial charge is 0.507 e. The minimum atomic E-state index is -0.286. The maximum Gasteiger partial charge on any atom is 0.257 e. The molecule has 2 rings (SSSR count). The number of aromatic hydroxyl groups is 1. The molecule has 1 aromatic carbocycles. The van der Waals surface area contributed by atoms with Crippen molar-refractivity contribution in [2.24, 2.45) is 11.7 Å². The lowest BCUT2D eigenvalue weighted by molar-refractivity contribution is -0.119. The zero-order valence-electron chi connectivity index (χ0n) is 11.6. The van der Waals surface area contributed by atoms with Gasteiger partial charge in [-0.05, 0) is 37.3 Å². The Hall–Kier alpha value is -2.04. The maximum atomic E-state index is 12.4. The van der Waals surface area contributed by atoms with Crippen molar-refractivity contribution in [1.29, 1.82) is 0 Å². The summed E-state index contributed by atoms with van der Waals surface area (Å²) in [6.45, 7) is 2.97. The Morgan fingerprint density at radius 1 is 1.35 bits per heavy atom. The van der Waals surface area contributed by atoms with E-state index in [0.29, 0.717) is 30.6 Å². The Bertz CT molecular complexity index is 520. The van der Waals surface area contributed by atoms with Crippen LogP contribution in [0.2, 0.25) is 0 Å². The quantitative estimate of drug-likeness (QED) is 0.876. The third-order valence-corrected chi connectivity index (χ3v) is 3.86. The lowest BCUT2D eigenvalue weighted by Gasteiger charge is -2.31. The number of aryl methyl sites for hydroxylation is 1. The molecule has 3 N–H and O–H groups in total. The Morgan fingerprint density at radius 2 is 2.00 bits per heavy atom. The van der Waals surface area contributed by atoms with Crippen molar-refractivity contribution in [1.82, 2.24) is 4.90 Å². The van der Waals surface area contributed by atoms with Crippen LogP contribution in [-0.2, 0) is 4.79 Å². The van der Waals surface area contributed by atoms with E-state index in [9.17, 15) is 14.7 Å². The summed E-state index contributed by atoms with van der Waals surface area (Å²) in [5, 5.41) is 9.96. The first kappa shape index (κ1) is 14.4. The normalized spacial score (nSPS) is 16.1. The Kier molecular flexibility index (Phi) is 4.27. The highest BCUT2D eigenvalue weighted by Gasteiger charge is 2.26. The lowest BCUT2D eigenvalue weighted by atomic mass is 9.93. The van der Waals surface area contributed by atoms with Crippen LogP contribution in [0.15, 0.2) is 18.2 Å². The third kappa shape index (κ3) is 3.10. The number of phenolic OH excluding ortho intramolecular Hbond substituents is 1. The number of primary amides is 1. The highest BCUT2D eigenvalue weighted by Crippen LogP contribution is 2.26. The maximum absolute atomic E-state index is 12.4. The molecule has 5 heteroatoms. The number of para-hydroxylation sites is 1. The SMILES string of the molecule is Cc1cccc(C(=O)N2CCC(CC(N)=O)CC2)c1O. The molecular formula is C15H20N2O3. The van der Waals surface area contributed by atoms with Gasteiger partial charge in [0.15, 0.2) is 0 Å². The lowest BCUT2D eigenvalue weighted by Crippen LogP contribution is -2.39. The van der Waals surface area contributed by atoms with Gasteiger partial charge in [-0.2, -0.15) is 0 Å². The van der Waals surface area contributed by atoms with Crippen molar-refractivity contribution in [3.05, 3.63) is 29.3 Å². The van der Waals surface area contributed by atoms with Crippen LogP contribution in [0.5, 0.6) is 5.75 Å². The number of benzene rings is 1. The molecule has 0 aromatic heterocycles. The molecule has 1 aromatic rings. The second-order valence-electron chi connectivity index (χ2n) is 5.38. The Morgan fingerprint density at radius 3 is 2.60 bits per heavy atom. The van der Waals surface area contributed by atoms with Crippen molar-refractivity contribution >= 4 is 11.8 Å². The molecule has 1 saturated heterocycles. The average Bonchev–Trinajstić information content (AvgIpc) is 2.41. The number of nitrogens with two attached hydrogens (primary N) is 1. The predicted molar refractivity (Wildman–Crippen MR) is 75.3 cm³/mol. The zero-order valence-corrected chi connectivity index (χ0v) is 11.6. The molecule has 0 atom stereocenters. The highest BCUT2D eigenvalue weighted by atomic mass is 16.3. The van der Waals surface area contributed by atoms with Gasteiger partial charge >= 0.3 is 0 Å². The summed E-state index contributed by atoms with van der Waals surface area (Å²) in [5.41, 5.74) is 6.23. The fourth-order valence-corrected chi connectivity index (χ4v) is 2.63. The number of hydrogen-bond donors (Lipinski definition) is 2. The van der Waals surface area contributed by atoms with Crippen LogP contribution in [0.4, 0.5) is 0 Å². The third-order valence-electron chi connectivity index (χ3n) is 3.86. The first-order valence-electron chi connectivity index (χ1n) is 6.85. The highest BCUT2D eigenvalue weighted by molar-refractivity contribution is 5.97. The first-order valence-corrected chi connectivity index (χ1v) is 6.85. The van der Waals surface area contributed by atoms with Gasteiger partial charge in [-0.15, -0.1) is 0 Å². The van der Waals surface area contributed by atoms with Crippen LogP contribution < -0.4 is 5.73 Å². The Balaban J connectivity index is 2.02. The van der Waals surface area contributed by atoms with Gasteiger partial charge in [0.1, 0.15) is 5.75 Å². The average molecular weight is 276 g/mol. The van der Waals surface area contributed by atoms with E-state index in [4.69, 9.17) is 5.73 Å². The predicted octanol–water partition coefficient (Wildman–Crippen LogP) is 1.43. The van der Waals surface area contributed by atoms with Crippen molar-refractivity contribution in [3.63, 3.8) is 0 Å². The molecular weight excluding hydrogens is 256 g/mol. The van der Waals surface area contributed by atoms with Gasteiger partial charge in [-0.25, -0.2) is 0 Å². The molecule has 0 unspecified atom stereocenters. The molecule has 20 heavy (non-hydrogen) atoms. The first-order chi connectivity index (χ1) is 9.49. The summed E-state index contributed by atoms with van der Waals surface area (Å²) in [7, 11) is 0. The number of nitrogens with zero attached hydrogens (tertiary/aromatic N) is 1. The van der Waals surface area contributed by atoms with Gasteiger partial charge in [-0.3, -0.25) is 9.59 Å². The number of phenols is 1. The number of carbonyl (C=O) groups excluding carboxylic acids is 2. The zero-order chi connectivity index (χ0) is 14.7. The topological polar surface area (TPSA) is 83.6 Å². The molecule has 5 nitrogen and oxygen atoms in total. The number of likely N-dealkylation sites (tertiary alicyclic amines) is 1. The Labute approximate surface area is 118 Å². The van der Waals surface area contributed by atoms with Crippen LogP contribution >= 0.6 is 0 Å². The molecule has 0 aliphatic carbocycles. The summed E-state index contributed by atoms with van der Waals surface area (Å²) in [5.74, 6) is -0.116. The number of hydrogen-bond acceptors (Lipinski definition) is 3. The molecule has 108 valence electrons. The van der Waals surface area contributed by atoms with E-state index in [0.717, 1.165) is 12.8 Å². The van der Waals surface area contributed by atoms with Gasteiger partial charge in [0.05, 0.1) is 5.56 Å². The molecule has 1 heterocycles. The van der Waals surface area contributed by atoms with E-state index in [-0.39, 0.29) is 23.5 Å². The molecule has 0 bridgehead atoms. The van der Waals surface area contributed by atoms with Crippen molar-refractivity contribution in [3.8, 4) is 5.75 Å². The van der Waals surface area contributed by atoms with E-state index >= 15 is 0 Å². The van der Waals surface area contributed by atoms with E-state index in [1.807, 2.05) is 0 Å². The minimum absolute atomic E-state index is 0.0526. The van der Waals surface area contributed by atoms with E-state index < -0.39 is 0 Å². The molecule has 1 aliphatic rings. The van der Waals surface area contributed by atoms with Gasteiger partial charge in [0.2, 0.25) is 5.91 Å². The summed E-state index contributed by atoms with van der Waals surface area (Å²) in [6, 6.07) is 5.17. The number of amides is 2. The molecule has 1 fully saturated rings. The summed E-state index contributed by atoms with van der Waals surface area (Å²) >= 11 is 0. The summed E-state index contributed by atoms with van der Waals surface area (Å²) in [6.07, 6.45) is 1.94. The molecule has 0 spiro atoms. The fourth-order valence-electron chi connectivity index (χ4n) is 2.63. The summed E-state index contributed by atoms with van der Waals surface area (Å²) < 4.78 is 0. The number of rotatable bonds is 3. The van der Waals surface area contributed by atoms with Crippen LogP contribution in [0.1, 0.15) is 35.2 Å². The second-order valence-corrected chi connectivity index (χ2v) is 5.38. The molecule has 0 radical (unpaired) electrons. The molecule has 0 saturated carbocycles. The van der Waals surface area contributed by atoms with Crippen LogP contribution in [0.3, 0.4) is 0 Å². The van der Waals surface area contributed by atoms with E-state index in [1.165, 1.54) is 0 Å². The van der Waals surface area contributed by atoms with Gasteiger partial charge < -0.3 is 15.7 Å². The van der Waals surface area contributed by atoms with Gasteiger partial charge in [0.25, 0.3) is 5.91 Å². The van der Waals surface area contributed by atoms with E-state index in [2.05, 4.69) is 0 Å². The minimum Gasteiger partial charge on any atom is -0.507 e. The monoisotopic (exact) mass is 276 g/mol.